The molecular weight excluding hydrogens is 440 g/mol. The van der Waals surface area contributed by atoms with Gasteiger partial charge in [0.15, 0.2) is 0 Å². The maximum absolute atomic E-state index is 4.31. The second-order valence-corrected chi connectivity index (χ2v) is 9.49. The van der Waals surface area contributed by atoms with Gasteiger partial charge in [0, 0.05) is 32.7 Å². The lowest BCUT2D eigenvalue weighted by Crippen LogP contribution is -1.96. The molecule has 0 N–H and O–H groups in total. The molecule has 35 heavy (non-hydrogen) atoms. The Labute approximate surface area is 215 Å². The van der Waals surface area contributed by atoms with Gasteiger partial charge in [-0.25, -0.2) is 0 Å². The first-order chi connectivity index (χ1) is 16.8. The molecule has 0 amide bonds. The van der Waals surface area contributed by atoms with E-state index >= 15 is 0 Å². The van der Waals surface area contributed by atoms with Gasteiger partial charge in [0.1, 0.15) is 0 Å². The molecule has 1 heteroatoms. The highest BCUT2D eigenvalue weighted by Gasteiger charge is 2.22. The van der Waals surface area contributed by atoms with Crippen LogP contribution in [0, 0.1) is 48.4 Å². The Bertz CT molecular complexity index is 1500. The van der Waals surface area contributed by atoms with Crippen molar-refractivity contribution in [3.8, 4) is 35.5 Å². The van der Waals surface area contributed by atoms with Gasteiger partial charge in [-0.3, -0.25) is 0 Å². The first-order valence-electron chi connectivity index (χ1n) is 11.7. The predicted octanol–water partition coefficient (Wildman–Crippen LogP) is 7.74. The van der Waals surface area contributed by atoms with E-state index in [0.29, 0.717) is 0 Å². The topological polar surface area (TPSA) is 0 Å². The van der Waals surface area contributed by atoms with Crippen LogP contribution in [0.2, 0.25) is 0 Å². The number of thiol groups is 1. The van der Waals surface area contributed by atoms with E-state index in [1.165, 1.54) is 22.3 Å². The molecule has 4 rings (SSSR count). The van der Waals surface area contributed by atoms with E-state index in [2.05, 4.69) is 101 Å². The van der Waals surface area contributed by atoms with Crippen molar-refractivity contribution in [1.29, 1.82) is 0 Å². The molecule has 0 radical (unpaired) electrons. The van der Waals surface area contributed by atoms with Gasteiger partial charge < -0.3 is 0 Å². The van der Waals surface area contributed by atoms with Crippen molar-refractivity contribution >= 4 is 12.6 Å². The zero-order valence-electron chi connectivity index (χ0n) is 20.9. The quantitative estimate of drug-likeness (QED) is 0.253. The molecule has 0 saturated heterocycles. The Morgan fingerprint density at radius 3 is 1.57 bits per heavy atom. The third kappa shape index (κ3) is 5.81. The summed E-state index contributed by atoms with van der Waals surface area (Å²) >= 11 is 4.31. The minimum atomic E-state index is 0.235. The molecule has 0 bridgehead atoms. The fraction of sp³-hybridized carbons (Fsp3) is 0.176. The number of allylic oxidation sites excluding steroid dienone is 4. The zero-order valence-corrected chi connectivity index (χ0v) is 21.8. The van der Waals surface area contributed by atoms with E-state index in [4.69, 9.17) is 0 Å². The van der Waals surface area contributed by atoms with Gasteiger partial charge in [-0.05, 0) is 118 Å². The van der Waals surface area contributed by atoms with Crippen LogP contribution >= 0.6 is 12.6 Å². The maximum atomic E-state index is 4.31. The third-order valence-corrected chi connectivity index (χ3v) is 6.94. The van der Waals surface area contributed by atoms with E-state index in [1.54, 1.807) is 0 Å². The summed E-state index contributed by atoms with van der Waals surface area (Å²) in [6.07, 6.45) is 0. The smallest absolute Gasteiger partial charge is 0.0631 e. The Kier molecular flexibility index (Phi) is 7.37. The summed E-state index contributed by atoms with van der Waals surface area (Å²) in [5, 5.41) is 0. The number of hydrogen-bond acceptors (Lipinski definition) is 1. The van der Waals surface area contributed by atoms with Crippen LogP contribution in [0.3, 0.4) is 0 Å². The van der Waals surface area contributed by atoms with Crippen molar-refractivity contribution in [3.05, 3.63) is 122 Å². The Balaban J connectivity index is 1.45. The second kappa shape index (κ2) is 10.6. The van der Waals surface area contributed by atoms with E-state index in [-0.39, 0.29) is 5.92 Å². The summed E-state index contributed by atoms with van der Waals surface area (Å²) in [5.41, 5.74) is 11.6. The largest absolute Gasteiger partial charge is 0.143 e. The molecule has 1 aliphatic carbocycles. The number of hydrogen-bond donors (Lipinski definition) is 1. The van der Waals surface area contributed by atoms with Gasteiger partial charge in [-0.1, -0.05) is 46.7 Å². The van der Waals surface area contributed by atoms with Crippen molar-refractivity contribution < 1.29 is 0 Å². The van der Waals surface area contributed by atoms with E-state index < -0.39 is 0 Å². The van der Waals surface area contributed by atoms with Gasteiger partial charge >= 0.3 is 0 Å². The summed E-state index contributed by atoms with van der Waals surface area (Å²) in [5.74, 6) is 20.0. The van der Waals surface area contributed by atoms with Gasteiger partial charge in [0.2, 0.25) is 0 Å². The van der Waals surface area contributed by atoms with Crippen molar-refractivity contribution in [2.24, 2.45) is 5.92 Å². The lowest BCUT2D eigenvalue weighted by Gasteiger charge is -2.06. The first-order valence-corrected chi connectivity index (χ1v) is 12.2. The molecule has 3 aromatic carbocycles. The van der Waals surface area contributed by atoms with Gasteiger partial charge in [-0.15, -0.1) is 12.6 Å². The molecule has 0 fully saturated rings. The van der Waals surface area contributed by atoms with Crippen LogP contribution in [0.1, 0.15) is 61.1 Å². The lowest BCUT2D eigenvalue weighted by atomic mass is 9.97. The summed E-state index contributed by atoms with van der Waals surface area (Å²) < 4.78 is 0. The van der Waals surface area contributed by atoms with Gasteiger partial charge in [-0.2, -0.15) is 0 Å². The molecule has 0 aliphatic heterocycles. The number of rotatable bonds is 0. The minimum Gasteiger partial charge on any atom is -0.143 e. The highest BCUT2D eigenvalue weighted by atomic mass is 32.1. The summed E-state index contributed by atoms with van der Waals surface area (Å²) in [6, 6.07) is 22.2. The fourth-order valence-electron chi connectivity index (χ4n) is 4.07. The molecular formula is C34H28S. The summed E-state index contributed by atoms with van der Waals surface area (Å²) in [4.78, 5) is 0.936. The van der Waals surface area contributed by atoms with Crippen LogP contribution in [-0.4, -0.2) is 0 Å². The Hall–Kier alpha value is -3.83. The molecule has 3 aromatic rings. The molecule has 170 valence electrons. The van der Waals surface area contributed by atoms with Crippen LogP contribution in [0.15, 0.2) is 93.9 Å². The van der Waals surface area contributed by atoms with Crippen molar-refractivity contribution in [1.82, 2.24) is 0 Å². The molecule has 1 aliphatic rings. The number of benzene rings is 3. The summed E-state index contributed by atoms with van der Waals surface area (Å²) in [7, 11) is 0. The molecule has 0 aromatic heterocycles. The predicted molar refractivity (Wildman–Crippen MR) is 150 cm³/mol. The molecule has 0 unspecified atom stereocenters. The van der Waals surface area contributed by atoms with E-state index in [1.807, 2.05) is 48.5 Å². The average Bonchev–Trinajstić information content (AvgIpc) is 3.04. The maximum Gasteiger partial charge on any atom is 0.0631 e. The third-order valence-electron chi connectivity index (χ3n) is 6.64. The van der Waals surface area contributed by atoms with Crippen molar-refractivity contribution in [3.63, 3.8) is 0 Å². The molecule has 0 spiro atoms. The van der Waals surface area contributed by atoms with Crippen LogP contribution in [0.25, 0.3) is 0 Å². The summed E-state index contributed by atoms with van der Waals surface area (Å²) in [6.45, 7) is 10.8. The molecule has 0 saturated carbocycles. The van der Waals surface area contributed by atoms with Crippen LogP contribution in [0.4, 0.5) is 0 Å². The Morgan fingerprint density at radius 1 is 0.543 bits per heavy atom. The molecule has 0 heterocycles. The highest BCUT2D eigenvalue weighted by Crippen LogP contribution is 2.36. The first kappa shape index (κ1) is 24.3. The van der Waals surface area contributed by atoms with Crippen molar-refractivity contribution in [2.75, 3.05) is 0 Å². The molecule has 0 atom stereocenters. The fourth-order valence-corrected chi connectivity index (χ4v) is 4.22. The molecule has 0 nitrogen and oxygen atoms in total. The normalized spacial score (nSPS) is 13.0. The van der Waals surface area contributed by atoms with Crippen LogP contribution < -0.4 is 0 Å². The second-order valence-electron chi connectivity index (χ2n) is 8.97. The average molecular weight is 469 g/mol. The van der Waals surface area contributed by atoms with Gasteiger partial charge in [0.25, 0.3) is 0 Å². The zero-order chi connectivity index (χ0) is 24.9. The lowest BCUT2D eigenvalue weighted by molar-refractivity contribution is 0.942. The standard InChI is InChI=1S/C34H28S/c1-23-22-31(11-10-30-14-19-33(35)20-15-30)13-18-32(23)17-12-28-6-8-29(9-7-28)16-21-34-26(4)24(2)25(3)27(34)5/h6-9,13-15,18-20,22,34-35H,1-5H3. The highest BCUT2D eigenvalue weighted by molar-refractivity contribution is 7.80. The van der Waals surface area contributed by atoms with E-state index in [9.17, 15) is 0 Å². The van der Waals surface area contributed by atoms with Crippen LogP contribution in [0.5, 0.6) is 0 Å². The minimum absolute atomic E-state index is 0.235. The van der Waals surface area contributed by atoms with E-state index in [0.717, 1.165) is 38.3 Å². The Morgan fingerprint density at radius 2 is 1.00 bits per heavy atom. The van der Waals surface area contributed by atoms with Crippen molar-refractivity contribution in [2.45, 2.75) is 39.5 Å². The monoisotopic (exact) mass is 468 g/mol. The van der Waals surface area contributed by atoms with Crippen LogP contribution in [-0.2, 0) is 0 Å². The van der Waals surface area contributed by atoms with Gasteiger partial charge in [0.05, 0.1) is 5.92 Å². The number of aryl methyl sites for hydroxylation is 1. The SMILES string of the molecule is CC1=C(C)C(C#Cc2ccc(C#Cc3ccc(C#Cc4ccc(S)cc4)cc3C)cc2)C(C)=C1C.